The molecule has 0 fully saturated rings. The van der Waals surface area contributed by atoms with E-state index in [4.69, 9.17) is 0 Å². The molecule has 1 amide bonds. The second-order valence-electron chi connectivity index (χ2n) is 7.43. The van der Waals surface area contributed by atoms with Crippen molar-refractivity contribution in [3.63, 3.8) is 0 Å². The van der Waals surface area contributed by atoms with Crippen LogP contribution in [0.3, 0.4) is 0 Å². The van der Waals surface area contributed by atoms with Crippen LogP contribution in [0.25, 0.3) is 17.1 Å². The summed E-state index contributed by atoms with van der Waals surface area (Å²) >= 11 is 0. The van der Waals surface area contributed by atoms with E-state index >= 15 is 0 Å². The minimum atomic E-state index is -0.325. The predicted octanol–water partition coefficient (Wildman–Crippen LogP) is 4.20. The van der Waals surface area contributed by atoms with Crippen LogP contribution in [0.2, 0.25) is 0 Å². The van der Waals surface area contributed by atoms with Crippen molar-refractivity contribution in [3.8, 4) is 17.1 Å². The number of aryl methyl sites for hydroxylation is 1. The van der Waals surface area contributed by atoms with Crippen molar-refractivity contribution in [1.29, 1.82) is 0 Å². The molecule has 0 aliphatic heterocycles. The Balaban J connectivity index is 1.24. The van der Waals surface area contributed by atoms with Crippen molar-refractivity contribution in [3.05, 3.63) is 96.7 Å². The summed E-state index contributed by atoms with van der Waals surface area (Å²) in [6.45, 7) is 0. The first-order valence-electron chi connectivity index (χ1n) is 10.4. The molecule has 3 heterocycles. The molecule has 34 heavy (non-hydrogen) atoms. The Labute approximate surface area is 193 Å². The highest BCUT2D eigenvalue weighted by Crippen LogP contribution is 2.21. The summed E-state index contributed by atoms with van der Waals surface area (Å²) in [5, 5.41) is 22.8. The zero-order valence-corrected chi connectivity index (χ0v) is 18.1. The summed E-state index contributed by atoms with van der Waals surface area (Å²) in [6, 6.07) is 20.3. The zero-order valence-electron chi connectivity index (χ0n) is 18.1. The van der Waals surface area contributed by atoms with Gasteiger partial charge in [-0.1, -0.05) is 0 Å². The van der Waals surface area contributed by atoms with Gasteiger partial charge >= 0.3 is 0 Å². The molecule has 2 N–H and O–H groups in total. The molecule has 0 aliphatic rings. The van der Waals surface area contributed by atoms with Gasteiger partial charge in [0, 0.05) is 36.4 Å². The van der Waals surface area contributed by atoms with Crippen LogP contribution in [0.15, 0.2) is 85.2 Å². The fourth-order valence-electron chi connectivity index (χ4n) is 3.34. The number of hydrogen-bond donors (Lipinski definition) is 2. The highest BCUT2D eigenvalue weighted by molar-refractivity contribution is 6.03. The van der Waals surface area contributed by atoms with Crippen molar-refractivity contribution in [2.75, 3.05) is 10.6 Å². The molecule has 10 heteroatoms. The first kappa shape index (κ1) is 21.0. The van der Waals surface area contributed by atoms with E-state index in [0.29, 0.717) is 28.7 Å². The molecule has 5 rings (SSSR count). The van der Waals surface area contributed by atoms with E-state index in [1.54, 1.807) is 60.5 Å². The first-order chi connectivity index (χ1) is 16.5. The second kappa shape index (κ2) is 8.94. The third-order valence-corrected chi connectivity index (χ3v) is 5.06. The van der Waals surface area contributed by atoms with Gasteiger partial charge in [-0.15, -0.1) is 10.2 Å². The number of aromatic nitrogens is 6. The number of carbonyl (C=O) groups is 1. The average molecular weight is 454 g/mol. The number of carbonyl (C=O) groups excluding carboxylic acids is 1. The van der Waals surface area contributed by atoms with Crippen LogP contribution >= 0.6 is 0 Å². The van der Waals surface area contributed by atoms with Gasteiger partial charge in [0.05, 0.1) is 5.69 Å². The molecule has 5 aromatic rings. The number of amides is 1. The van der Waals surface area contributed by atoms with Gasteiger partial charge in [0.2, 0.25) is 0 Å². The molecule has 3 aromatic heterocycles. The predicted molar refractivity (Wildman–Crippen MR) is 125 cm³/mol. The summed E-state index contributed by atoms with van der Waals surface area (Å²) in [5.41, 5.74) is 3.12. The third kappa shape index (κ3) is 4.51. The molecule has 0 saturated carbocycles. The fourth-order valence-corrected chi connectivity index (χ4v) is 3.34. The van der Waals surface area contributed by atoms with Crippen LogP contribution in [-0.2, 0) is 7.05 Å². The summed E-state index contributed by atoms with van der Waals surface area (Å²) in [5.74, 6) is 0.570. The van der Waals surface area contributed by atoms with E-state index in [-0.39, 0.29) is 11.7 Å². The largest absolute Gasteiger partial charge is 0.339 e. The number of nitrogens with zero attached hydrogens (tertiary/aromatic N) is 6. The van der Waals surface area contributed by atoms with Gasteiger partial charge in [-0.2, -0.15) is 10.2 Å². The third-order valence-electron chi connectivity index (χ3n) is 5.06. The van der Waals surface area contributed by atoms with Gasteiger partial charge in [-0.3, -0.25) is 9.48 Å². The molecule has 0 aliphatic carbocycles. The quantitative estimate of drug-likeness (QED) is 0.399. The number of hydrogen-bond acceptors (Lipinski definition) is 6. The molecule has 9 nitrogen and oxygen atoms in total. The Hall–Kier alpha value is -4.86. The van der Waals surface area contributed by atoms with Gasteiger partial charge in [0.15, 0.2) is 11.6 Å². The molecule has 168 valence electrons. The smallest absolute Gasteiger partial charge is 0.273 e. The van der Waals surface area contributed by atoms with Crippen molar-refractivity contribution in [2.24, 2.45) is 7.05 Å². The van der Waals surface area contributed by atoms with E-state index in [2.05, 4.69) is 31.0 Å². The van der Waals surface area contributed by atoms with Crippen LogP contribution < -0.4 is 10.6 Å². The van der Waals surface area contributed by atoms with Gasteiger partial charge in [0.25, 0.3) is 5.91 Å². The lowest BCUT2D eigenvalue weighted by Gasteiger charge is -2.08. The molecule has 0 bridgehead atoms. The molecular formula is C24H19FN8O. The van der Waals surface area contributed by atoms with Crippen molar-refractivity contribution >= 4 is 23.1 Å². The molecule has 0 unspecified atom stereocenters. The summed E-state index contributed by atoms with van der Waals surface area (Å²) in [4.78, 5) is 12.8. The average Bonchev–Trinajstić information content (AvgIpc) is 3.52. The monoisotopic (exact) mass is 454 g/mol. The number of anilines is 3. The normalized spacial score (nSPS) is 10.8. The zero-order chi connectivity index (χ0) is 23.5. The standard InChI is InChI=1S/C24H19FN8O/c1-32-21(15-20(31-32)16-3-5-17(25)6-4-16)24(34)28-19-9-7-18(8-10-19)27-22-11-12-23(30-29-22)33-14-2-13-26-33/h2-15H,1H3,(H,27,29)(H,28,34). The van der Waals surface area contributed by atoms with Crippen molar-refractivity contribution < 1.29 is 9.18 Å². The van der Waals surface area contributed by atoms with E-state index in [1.165, 1.54) is 16.8 Å². The van der Waals surface area contributed by atoms with Crippen molar-refractivity contribution in [2.45, 2.75) is 0 Å². The van der Waals surface area contributed by atoms with E-state index in [0.717, 1.165) is 11.3 Å². The van der Waals surface area contributed by atoms with Crippen LogP contribution in [-0.4, -0.2) is 35.7 Å². The molecule has 0 radical (unpaired) electrons. The van der Waals surface area contributed by atoms with Crippen molar-refractivity contribution in [1.82, 2.24) is 29.8 Å². The molecule has 0 saturated heterocycles. The SMILES string of the molecule is Cn1nc(-c2ccc(F)cc2)cc1C(=O)Nc1ccc(Nc2ccc(-n3cccn3)nn2)cc1. The van der Waals surface area contributed by atoms with E-state index in [9.17, 15) is 9.18 Å². The van der Waals surface area contributed by atoms with Crippen LogP contribution in [0, 0.1) is 5.82 Å². The fraction of sp³-hybridized carbons (Fsp3) is 0.0417. The Morgan fingerprint density at radius 1 is 0.941 bits per heavy atom. The number of rotatable bonds is 6. The molecule has 0 atom stereocenters. The molecular weight excluding hydrogens is 435 g/mol. The maximum atomic E-state index is 13.2. The topological polar surface area (TPSA) is 103 Å². The Morgan fingerprint density at radius 2 is 1.71 bits per heavy atom. The highest BCUT2D eigenvalue weighted by atomic mass is 19.1. The Kier molecular flexibility index (Phi) is 5.53. The van der Waals surface area contributed by atoms with E-state index < -0.39 is 0 Å². The Morgan fingerprint density at radius 3 is 2.38 bits per heavy atom. The minimum absolute atomic E-state index is 0.302. The maximum Gasteiger partial charge on any atom is 0.273 e. The van der Waals surface area contributed by atoms with Crippen LogP contribution in [0.4, 0.5) is 21.6 Å². The van der Waals surface area contributed by atoms with Crippen LogP contribution in [0.1, 0.15) is 10.5 Å². The second-order valence-corrected chi connectivity index (χ2v) is 7.43. The summed E-state index contributed by atoms with van der Waals surface area (Å²) in [6.07, 6.45) is 3.46. The molecule has 2 aromatic carbocycles. The number of halogens is 1. The number of benzene rings is 2. The maximum absolute atomic E-state index is 13.2. The Bertz CT molecular complexity index is 1410. The van der Waals surface area contributed by atoms with Gasteiger partial charge < -0.3 is 10.6 Å². The van der Waals surface area contributed by atoms with Crippen LogP contribution in [0.5, 0.6) is 0 Å². The minimum Gasteiger partial charge on any atom is -0.339 e. The van der Waals surface area contributed by atoms with E-state index in [1.807, 2.05) is 24.3 Å². The van der Waals surface area contributed by atoms with Gasteiger partial charge in [-0.05, 0) is 72.8 Å². The van der Waals surface area contributed by atoms with Gasteiger partial charge in [0.1, 0.15) is 11.5 Å². The molecule has 0 spiro atoms. The first-order valence-corrected chi connectivity index (χ1v) is 10.4. The number of nitrogens with one attached hydrogen (secondary N) is 2. The lowest BCUT2D eigenvalue weighted by molar-refractivity contribution is 0.101. The highest BCUT2D eigenvalue weighted by Gasteiger charge is 2.15. The summed E-state index contributed by atoms with van der Waals surface area (Å²) < 4.78 is 16.3. The lowest BCUT2D eigenvalue weighted by atomic mass is 10.1. The summed E-state index contributed by atoms with van der Waals surface area (Å²) in [7, 11) is 1.69. The lowest BCUT2D eigenvalue weighted by Crippen LogP contribution is -2.16. The van der Waals surface area contributed by atoms with Gasteiger partial charge in [-0.25, -0.2) is 9.07 Å².